The Hall–Kier alpha value is -15.7. The molecule has 28 aromatic rings. The highest BCUT2D eigenvalue weighted by atomic mass is 32.1. The van der Waals surface area contributed by atoms with Crippen LogP contribution in [0.3, 0.4) is 0 Å². The maximum atomic E-state index is 6.05. The Morgan fingerprint density at radius 2 is 0.457 bits per heavy atom. The van der Waals surface area contributed by atoms with E-state index in [0.29, 0.717) is 0 Å². The van der Waals surface area contributed by atoms with E-state index >= 15 is 0 Å². The third-order valence-corrected chi connectivity index (χ3v) is 32.3. The summed E-state index contributed by atoms with van der Waals surface area (Å²) in [5, 5.41) is 18.4. The van der Waals surface area contributed by atoms with Gasteiger partial charge < -0.3 is 8.83 Å². The van der Waals surface area contributed by atoms with E-state index < -0.39 is 0 Å². The Kier molecular flexibility index (Phi) is 25.5. The first-order valence-corrected chi connectivity index (χ1v) is 51.7. The number of benzene rings is 21. The van der Waals surface area contributed by atoms with E-state index in [1.165, 1.54) is 239 Å². The molecule has 0 aliphatic carbocycles. The fourth-order valence-electron chi connectivity index (χ4n) is 19.3. The summed E-state index contributed by atoms with van der Waals surface area (Å²) >= 11 is 9.38. The first-order valence-electron chi connectivity index (χ1n) is 47.6. The van der Waals surface area contributed by atoms with Crippen LogP contribution in [0.25, 0.3) is 223 Å². The number of hydrogen-bond acceptors (Lipinski definition) is 7. The number of hydrogen-bond donors (Lipinski definition) is 0. The predicted octanol–water partition coefficient (Wildman–Crippen LogP) is 41.3. The van der Waals surface area contributed by atoms with Gasteiger partial charge in [0.15, 0.2) is 0 Å². The zero-order valence-electron chi connectivity index (χ0n) is 78.8. The third kappa shape index (κ3) is 18.5. The molecule has 21 aromatic carbocycles. The summed E-state index contributed by atoms with van der Waals surface area (Å²) in [6.45, 7) is 14.9. The van der Waals surface area contributed by atoms with Gasteiger partial charge in [0.2, 0.25) is 0 Å². The number of thiophene rings is 5. The Bertz CT molecular complexity index is 9390. The summed E-state index contributed by atoms with van der Waals surface area (Å²) in [4.78, 5) is 0. The Labute approximate surface area is 835 Å². The van der Waals surface area contributed by atoms with Crippen molar-refractivity contribution in [2.24, 2.45) is 0 Å². The normalized spacial score (nSPS) is 11.2. The highest BCUT2D eigenvalue weighted by molar-refractivity contribution is 7.27. The third-order valence-electron chi connectivity index (χ3n) is 26.4. The van der Waals surface area contributed by atoms with Gasteiger partial charge in [0.1, 0.15) is 22.3 Å². The lowest BCUT2D eigenvalue weighted by molar-refractivity contribution is 0.666. The van der Waals surface area contributed by atoms with Crippen molar-refractivity contribution in [3.05, 3.63) is 506 Å². The molecule has 0 fully saturated rings. The quantitative estimate of drug-likeness (QED) is 0.159. The Morgan fingerprint density at radius 1 is 0.150 bits per heavy atom. The van der Waals surface area contributed by atoms with E-state index in [0.717, 1.165) is 22.3 Å². The molecule has 672 valence electrons. The summed E-state index contributed by atoms with van der Waals surface area (Å²) in [6, 6.07) is 167. The minimum atomic E-state index is 0.947. The van der Waals surface area contributed by atoms with Gasteiger partial charge in [-0.1, -0.05) is 410 Å². The van der Waals surface area contributed by atoms with Crippen LogP contribution in [0.5, 0.6) is 0 Å². The Balaban J connectivity index is 0.0000000939. The summed E-state index contributed by atoms with van der Waals surface area (Å²) in [5.74, 6) is 0. The summed E-state index contributed by atoms with van der Waals surface area (Å²) in [7, 11) is 0. The van der Waals surface area contributed by atoms with Crippen LogP contribution in [0.4, 0.5) is 0 Å². The molecule has 0 spiro atoms. The van der Waals surface area contributed by atoms with Crippen molar-refractivity contribution >= 4 is 201 Å². The van der Waals surface area contributed by atoms with E-state index in [1.54, 1.807) is 0 Å². The Morgan fingerprint density at radius 3 is 0.971 bits per heavy atom. The standard InChI is InChI=1S/2C19H14O.5C19H14S/c1-13-6-4-7-14(12-13)15-9-5-11-18-19(15)16-8-2-3-10-17(16)20-18;1-13-11-12-15(14-7-3-2-4-8-14)18-16-9-5-6-10-17(16)20-19(13)18;1-13-6-4-7-14(12-13)15-9-5-10-17-16-8-2-3-11-18(16)20-19(15)17;1-13-5-4-6-14(11-13)15-9-10-19-17(12-15)16-7-2-3-8-18(16)20-19;1-13-6-2-3-7-15(13)14-10-11-19-17(12-14)16-8-4-5-9-18(16)20-19;1-13-9-11-14(12-10-13)15-6-4-7-17-16-5-2-3-8-18(16)20-19(15)17;1-13-6-8-14(9-7-13)15-10-11-19-17(12-15)16-4-2-3-5-18(16)20-19/h7*2-12H,1H3. The van der Waals surface area contributed by atoms with Gasteiger partial charge >= 0.3 is 0 Å². The summed E-state index contributed by atoms with van der Waals surface area (Å²) < 4.78 is 25.7. The average Bonchev–Trinajstić information content (AvgIpc) is 1.62. The predicted molar refractivity (Wildman–Crippen MR) is 615 cm³/mol. The molecule has 0 saturated heterocycles. The lowest BCUT2D eigenvalue weighted by Gasteiger charge is -2.05. The molecule has 0 amide bonds. The minimum absolute atomic E-state index is 0.947. The fourth-order valence-corrected chi connectivity index (χ4v) is 25.0. The monoisotopic (exact) mass is 1890 g/mol. The minimum Gasteiger partial charge on any atom is -0.456 e. The number of fused-ring (bicyclic) bond motifs is 21. The SMILES string of the molecule is Cc1ccc(-c2ccc3sc4ccccc4c3c2)cc1.Cc1ccc(-c2cccc3c2sc2ccccc23)cc1.Cc1ccc(-c2ccccc2)c2c1oc1ccccc12.Cc1cccc(-c2ccc3sc4ccccc4c3c2)c1.Cc1cccc(-c2cccc3c2sc2ccccc23)c1.Cc1cccc(-c2cccc3oc4ccccc4c23)c1.Cc1ccccc1-c1ccc2sc3ccccc3c2c1. The van der Waals surface area contributed by atoms with Crippen LogP contribution in [0.2, 0.25) is 0 Å². The maximum absolute atomic E-state index is 6.05. The second kappa shape index (κ2) is 39.8. The molecule has 140 heavy (non-hydrogen) atoms. The van der Waals surface area contributed by atoms with Gasteiger partial charge in [0.25, 0.3) is 0 Å². The fraction of sp³-hybridized carbons (Fsp3) is 0.0526. The van der Waals surface area contributed by atoms with Crippen molar-refractivity contribution in [1.29, 1.82) is 0 Å². The van der Waals surface area contributed by atoms with Crippen molar-refractivity contribution in [3.63, 3.8) is 0 Å². The molecule has 0 N–H and O–H groups in total. The molecule has 28 rings (SSSR count). The van der Waals surface area contributed by atoms with Gasteiger partial charge in [-0.15, -0.1) is 56.7 Å². The molecular weight excluding hydrogens is 1790 g/mol. The van der Waals surface area contributed by atoms with Crippen LogP contribution in [-0.2, 0) is 0 Å². The number of rotatable bonds is 7. The maximum Gasteiger partial charge on any atom is 0.138 e. The number of aryl methyl sites for hydroxylation is 7. The van der Waals surface area contributed by atoms with E-state index in [1.807, 2.05) is 93.1 Å². The highest BCUT2D eigenvalue weighted by Gasteiger charge is 2.19. The van der Waals surface area contributed by atoms with E-state index in [4.69, 9.17) is 8.83 Å². The van der Waals surface area contributed by atoms with Crippen molar-refractivity contribution < 1.29 is 8.83 Å². The molecule has 7 heteroatoms. The largest absolute Gasteiger partial charge is 0.456 e. The number of furan rings is 2. The smallest absolute Gasteiger partial charge is 0.138 e. The van der Waals surface area contributed by atoms with Crippen LogP contribution >= 0.6 is 56.7 Å². The van der Waals surface area contributed by atoms with Crippen LogP contribution in [0, 0.1) is 48.5 Å². The molecular formula is C133H98O2S5. The zero-order valence-corrected chi connectivity index (χ0v) is 82.9. The van der Waals surface area contributed by atoms with Crippen molar-refractivity contribution in [3.8, 4) is 77.9 Å². The lowest BCUT2D eigenvalue weighted by Crippen LogP contribution is -1.81. The first kappa shape index (κ1) is 89.5. The zero-order chi connectivity index (χ0) is 94.7. The molecule has 0 aliphatic heterocycles. The molecule has 7 heterocycles. The molecule has 0 bridgehead atoms. The topological polar surface area (TPSA) is 26.3 Å². The van der Waals surface area contributed by atoms with Gasteiger partial charge in [-0.05, 0) is 222 Å². The average molecular weight is 1890 g/mol. The van der Waals surface area contributed by atoms with E-state index in [9.17, 15) is 0 Å². The first-order chi connectivity index (χ1) is 68.8. The van der Waals surface area contributed by atoms with Gasteiger partial charge in [0, 0.05) is 122 Å². The van der Waals surface area contributed by atoms with Crippen LogP contribution < -0.4 is 0 Å². The van der Waals surface area contributed by atoms with E-state index in [-0.39, 0.29) is 0 Å². The second-order valence-electron chi connectivity index (χ2n) is 36.0. The van der Waals surface area contributed by atoms with Gasteiger partial charge in [0.05, 0.1) is 0 Å². The van der Waals surface area contributed by atoms with Crippen molar-refractivity contribution in [1.82, 2.24) is 0 Å². The molecule has 0 radical (unpaired) electrons. The molecule has 0 atom stereocenters. The molecule has 2 nitrogen and oxygen atoms in total. The van der Waals surface area contributed by atoms with E-state index in [2.05, 4.69) is 479 Å². The summed E-state index contributed by atoms with van der Waals surface area (Å²) in [6.07, 6.45) is 0. The van der Waals surface area contributed by atoms with Gasteiger partial charge in [-0.3, -0.25) is 0 Å². The van der Waals surface area contributed by atoms with Crippen LogP contribution in [-0.4, -0.2) is 0 Å². The van der Waals surface area contributed by atoms with Crippen molar-refractivity contribution in [2.75, 3.05) is 0 Å². The lowest BCUT2D eigenvalue weighted by atomic mass is 9.98. The van der Waals surface area contributed by atoms with Gasteiger partial charge in [-0.2, -0.15) is 0 Å². The molecule has 0 saturated carbocycles. The number of para-hydroxylation sites is 2. The second-order valence-corrected chi connectivity index (χ2v) is 41.4. The van der Waals surface area contributed by atoms with Gasteiger partial charge in [-0.25, -0.2) is 0 Å². The van der Waals surface area contributed by atoms with Crippen LogP contribution in [0.15, 0.2) is 476 Å². The molecule has 0 aliphatic rings. The van der Waals surface area contributed by atoms with Crippen molar-refractivity contribution in [2.45, 2.75) is 48.5 Å². The van der Waals surface area contributed by atoms with Crippen LogP contribution in [0.1, 0.15) is 38.9 Å². The highest BCUT2D eigenvalue weighted by Crippen LogP contribution is 2.47. The summed E-state index contributed by atoms with van der Waals surface area (Å²) in [5.41, 5.74) is 30.8. The molecule has 7 aromatic heterocycles. The molecule has 0 unspecified atom stereocenters.